The Morgan fingerprint density at radius 1 is 1.44 bits per heavy atom. The zero-order valence-corrected chi connectivity index (χ0v) is 10.3. The van der Waals surface area contributed by atoms with Gasteiger partial charge in [0.05, 0.1) is 6.61 Å². The smallest absolute Gasteiger partial charge is 0.0615 e. The fourth-order valence-corrected chi connectivity index (χ4v) is 1.74. The number of hydrogen-bond acceptors (Lipinski definition) is 3. The molecule has 90 valence electrons. The van der Waals surface area contributed by atoms with Gasteiger partial charge in [0.1, 0.15) is 0 Å². The van der Waals surface area contributed by atoms with Crippen LogP contribution < -0.4 is 5.32 Å². The van der Waals surface area contributed by atoms with Crippen LogP contribution in [0.15, 0.2) is 24.4 Å². The molecule has 1 unspecified atom stereocenters. The first-order valence-electron chi connectivity index (χ1n) is 5.99. The Labute approximate surface area is 98.2 Å². The van der Waals surface area contributed by atoms with Crippen LogP contribution in [0.1, 0.15) is 25.5 Å². The summed E-state index contributed by atoms with van der Waals surface area (Å²) < 4.78 is 5.18. The molecule has 0 fully saturated rings. The van der Waals surface area contributed by atoms with Crippen molar-refractivity contribution in [1.82, 2.24) is 10.3 Å². The number of nitrogens with one attached hydrogen (secondary N) is 1. The third kappa shape index (κ3) is 5.24. The molecular weight excluding hydrogens is 200 g/mol. The molecule has 0 aliphatic rings. The average Bonchev–Trinajstić information content (AvgIpc) is 2.31. The summed E-state index contributed by atoms with van der Waals surface area (Å²) in [6, 6.07) is 6.51. The number of ether oxygens (including phenoxy) is 1. The molecule has 0 amide bonds. The topological polar surface area (TPSA) is 34.1 Å². The highest BCUT2D eigenvalue weighted by molar-refractivity contribution is 5.03. The van der Waals surface area contributed by atoms with E-state index in [1.165, 1.54) is 6.42 Å². The van der Waals surface area contributed by atoms with Crippen molar-refractivity contribution >= 4 is 0 Å². The van der Waals surface area contributed by atoms with E-state index in [0.717, 1.165) is 31.7 Å². The summed E-state index contributed by atoms with van der Waals surface area (Å²) in [6.45, 7) is 3.95. The van der Waals surface area contributed by atoms with E-state index in [4.69, 9.17) is 4.74 Å². The van der Waals surface area contributed by atoms with Gasteiger partial charge in [-0.25, -0.2) is 0 Å². The van der Waals surface area contributed by atoms with Crippen LogP contribution in [0.25, 0.3) is 0 Å². The summed E-state index contributed by atoms with van der Waals surface area (Å²) in [4.78, 5) is 4.30. The van der Waals surface area contributed by atoms with Crippen molar-refractivity contribution in [1.29, 1.82) is 0 Å². The number of rotatable bonds is 8. The number of pyridine rings is 1. The summed E-state index contributed by atoms with van der Waals surface area (Å²) >= 11 is 0. The van der Waals surface area contributed by atoms with E-state index in [9.17, 15) is 0 Å². The molecule has 1 rings (SSSR count). The molecule has 0 aliphatic heterocycles. The van der Waals surface area contributed by atoms with Crippen molar-refractivity contribution in [2.24, 2.45) is 0 Å². The SMILES string of the molecule is CCCC(COC)NCCc1ccccn1. The summed E-state index contributed by atoms with van der Waals surface area (Å²) in [5, 5.41) is 3.51. The van der Waals surface area contributed by atoms with Crippen LogP contribution in [0.4, 0.5) is 0 Å². The van der Waals surface area contributed by atoms with Crippen molar-refractivity contribution in [2.45, 2.75) is 32.2 Å². The van der Waals surface area contributed by atoms with Gasteiger partial charge in [-0.05, 0) is 18.6 Å². The van der Waals surface area contributed by atoms with Crippen LogP contribution in [-0.4, -0.2) is 31.3 Å². The zero-order chi connectivity index (χ0) is 11.6. The maximum Gasteiger partial charge on any atom is 0.0615 e. The maximum absolute atomic E-state index is 5.18. The lowest BCUT2D eigenvalue weighted by molar-refractivity contribution is 0.162. The molecule has 0 aromatic carbocycles. The molecule has 0 spiro atoms. The van der Waals surface area contributed by atoms with Gasteiger partial charge in [0, 0.05) is 38.0 Å². The molecular formula is C13H22N2O. The molecule has 1 aromatic rings. The largest absolute Gasteiger partial charge is 0.383 e. The van der Waals surface area contributed by atoms with Gasteiger partial charge in [-0.2, -0.15) is 0 Å². The standard InChI is InChI=1S/C13H22N2O/c1-3-6-13(11-16-2)15-10-8-12-7-4-5-9-14-12/h4-5,7,9,13,15H,3,6,8,10-11H2,1-2H3. The van der Waals surface area contributed by atoms with Crippen LogP contribution >= 0.6 is 0 Å². The minimum atomic E-state index is 0.471. The predicted molar refractivity (Wildman–Crippen MR) is 66.5 cm³/mol. The number of aromatic nitrogens is 1. The van der Waals surface area contributed by atoms with Crippen LogP contribution in [-0.2, 0) is 11.2 Å². The Morgan fingerprint density at radius 2 is 2.31 bits per heavy atom. The molecule has 1 aromatic heterocycles. The van der Waals surface area contributed by atoms with Gasteiger partial charge in [0.2, 0.25) is 0 Å². The molecule has 3 heteroatoms. The lowest BCUT2D eigenvalue weighted by Crippen LogP contribution is -2.34. The molecule has 1 atom stereocenters. The second kappa shape index (κ2) is 8.25. The van der Waals surface area contributed by atoms with Gasteiger partial charge in [-0.15, -0.1) is 0 Å². The van der Waals surface area contributed by atoms with Gasteiger partial charge in [0.15, 0.2) is 0 Å². The average molecular weight is 222 g/mol. The van der Waals surface area contributed by atoms with E-state index in [1.807, 2.05) is 18.3 Å². The molecule has 1 heterocycles. The Bertz CT molecular complexity index is 258. The molecule has 0 saturated carbocycles. The molecule has 0 radical (unpaired) electrons. The van der Waals surface area contributed by atoms with Crippen LogP contribution in [0.2, 0.25) is 0 Å². The van der Waals surface area contributed by atoms with Crippen molar-refractivity contribution in [3.05, 3.63) is 30.1 Å². The zero-order valence-electron chi connectivity index (χ0n) is 10.3. The number of nitrogens with zero attached hydrogens (tertiary/aromatic N) is 1. The van der Waals surface area contributed by atoms with Gasteiger partial charge < -0.3 is 10.1 Å². The highest BCUT2D eigenvalue weighted by Crippen LogP contribution is 1.98. The summed E-state index contributed by atoms with van der Waals surface area (Å²) in [5.41, 5.74) is 1.14. The fourth-order valence-electron chi connectivity index (χ4n) is 1.74. The lowest BCUT2D eigenvalue weighted by atomic mass is 10.1. The fraction of sp³-hybridized carbons (Fsp3) is 0.615. The summed E-state index contributed by atoms with van der Waals surface area (Å²) in [6.07, 6.45) is 5.17. The van der Waals surface area contributed by atoms with E-state index in [0.29, 0.717) is 6.04 Å². The third-order valence-electron chi connectivity index (χ3n) is 2.55. The van der Waals surface area contributed by atoms with Gasteiger partial charge in [-0.1, -0.05) is 19.4 Å². The van der Waals surface area contributed by atoms with Crippen molar-refractivity contribution in [2.75, 3.05) is 20.3 Å². The lowest BCUT2D eigenvalue weighted by Gasteiger charge is -2.16. The Morgan fingerprint density at radius 3 is 2.94 bits per heavy atom. The molecule has 0 bridgehead atoms. The van der Waals surface area contributed by atoms with Gasteiger partial charge in [0.25, 0.3) is 0 Å². The maximum atomic E-state index is 5.18. The molecule has 3 nitrogen and oxygen atoms in total. The quantitative estimate of drug-likeness (QED) is 0.731. The highest BCUT2D eigenvalue weighted by atomic mass is 16.5. The Hall–Kier alpha value is -0.930. The first kappa shape index (κ1) is 13.1. The summed E-state index contributed by atoms with van der Waals surface area (Å²) in [7, 11) is 1.75. The minimum Gasteiger partial charge on any atom is -0.383 e. The molecule has 16 heavy (non-hydrogen) atoms. The van der Waals surface area contributed by atoms with E-state index in [-0.39, 0.29) is 0 Å². The van der Waals surface area contributed by atoms with Crippen LogP contribution in [0, 0.1) is 0 Å². The van der Waals surface area contributed by atoms with E-state index < -0.39 is 0 Å². The number of methoxy groups -OCH3 is 1. The molecule has 0 saturated heterocycles. The number of hydrogen-bond donors (Lipinski definition) is 1. The Balaban J connectivity index is 2.22. The first-order valence-corrected chi connectivity index (χ1v) is 5.99. The van der Waals surface area contributed by atoms with Crippen LogP contribution in [0.3, 0.4) is 0 Å². The second-order valence-electron chi connectivity index (χ2n) is 3.97. The van der Waals surface area contributed by atoms with E-state index >= 15 is 0 Å². The minimum absolute atomic E-state index is 0.471. The molecule has 0 aliphatic carbocycles. The second-order valence-corrected chi connectivity index (χ2v) is 3.97. The normalized spacial score (nSPS) is 12.6. The van der Waals surface area contributed by atoms with Crippen molar-refractivity contribution < 1.29 is 4.74 Å². The van der Waals surface area contributed by atoms with E-state index in [2.05, 4.69) is 23.3 Å². The Kier molecular flexibility index (Phi) is 6.77. The molecule has 1 N–H and O–H groups in total. The van der Waals surface area contributed by atoms with Crippen molar-refractivity contribution in [3.8, 4) is 0 Å². The van der Waals surface area contributed by atoms with Gasteiger partial charge >= 0.3 is 0 Å². The summed E-state index contributed by atoms with van der Waals surface area (Å²) in [5.74, 6) is 0. The van der Waals surface area contributed by atoms with Gasteiger partial charge in [-0.3, -0.25) is 4.98 Å². The third-order valence-corrected chi connectivity index (χ3v) is 2.55. The first-order chi connectivity index (χ1) is 7.86. The van der Waals surface area contributed by atoms with E-state index in [1.54, 1.807) is 7.11 Å². The monoisotopic (exact) mass is 222 g/mol. The van der Waals surface area contributed by atoms with Crippen molar-refractivity contribution in [3.63, 3.8) is 0 Å². The predicted octanol–water partition coefficient (Wildman–Crippen LogP) is 2.03. The van der Waals surface area contributed by atoms with Crippen LogP contribution in [0.5, 0.6) is 0 Å². The highest BCUT2D eigenvalue weighted by Gasteiger charge is 2.05.